The molecule has 0 saturated heterocycles. The van der Waals surface area contributed by atoms with Crippen LogP contribution in [0.15, 0.2) is 48.8 Å². The zero-order chi connectivity index (χ0) is 15.6. The van der Waals surface area contributed by atoms with E-state index >= 15 is 0 Å². The van der Waals surface area contributed by atoms with Crippen LogP contribution in [-0.2, 0) is 23.2 Å². The lowest BCUT2D eigenvalue weighted by Gasteiger charge is -2.16. The lowest BCUT2D eigenvalue weighted by Crippen LogP contribution is -2.26. The second-order valence-electron chi connectivity index (χ2n) is 4.40. The van der Waals surface area contributed by atoms with Crippen molar-refractivity contribution in [3.05, 3.63) is 50.8 Å². The van der Waals surface area contributed by atoms with E-state index in [9.17, 15) is 8.42 Å². The molecule has 0 spiro atoms. The SMILES string of the molecule is CN(Cc1ccc(Br)cc1)S(=O)(=O)c1cc(CO)oc1Br. The van der Waals surface area contributed by atoms with Crippen molar-refractivity contribution in [3.8, 4) is 0 Å². The molecule has 1 aromatic carbocycles. The normalized spacial score (nSPS) is 12.0. The van der Waals surface area contributed by atoms with Crippen molar-refractivity contribution in [2.45, 2.75) is 18.0 Å². The molecule has 0 aliphatic carbocycles. The Morgan fingerprint density at radius 2 is 1.86 bits per heavy atom. The molecule has 1 N–H and O–H groups in total. The minimum absolute atomic E-state index is 0.00571. The maximum atomic E-state index is 12.5. The molecule has 1 heterocycles. The standard InChI is InChI=1S/C13H13Br2NO4S/c1-16(7-9-2-4-10(14)5-3-9)21(18,19)12-6-11(8-17)20-13(12)15/h2-6,17H,7-8H2,1H3. The number of hydrogen-bond acceptors (Lipinski definition) is 4. The first kappa shape index (κ1) is 16.7. The molecule has 114 valence electrons. The second-order valence-corrected chi connectivity index (χ2v) is 8.05. The molecular weight excluding hydrogens is 426 g/mol. The van der Waals surface area contributed by atoms with Gasteiger partial charge in [-0.25, -0.2) is 8.42 Å². The number of rotatable bonds is 5. The fourth-order valence-electron chi connectivity index (χ4n) is 1.75. The molecule has 2 rings (SSSR count). The summed E-state index contributed by atoms with van der Waals surface area (Å²) in [5, 5.41) is 9.01. The molecule has 0 fully saturated rings. The molecule has 0 aliphatic rings. The fourth-order valence-corrected chi connectivity index (χ4v) is 4.13. The Kier molecular flexibility index (Phi) is 5.26. The van der Waals surface area contributed by atoms with E-state index in [1.54, 1.807) is 0 Å². The summed E-state index contributed by atoms with van der Waals surface area (Å²) in [6.45, 7) is -0.119. The van der Waals surface area contributed by atoms with Crippen LogP contribution in [0.1, 0.15) is 11.3 Å². The van der Waals surface area contributed by atoms with E-state index in [1.165, 1.54) is 17.4 Å². The largest absolute Gasteiger partial charge is 0.450 e. The third-order valence-electron chi connectivity index (χ3n) is 2.87. The molecule has 21 heavy (non-hydrogen) atoms. The number of furan rings is 1. The number of halogens is 2. The summed E-state index contributed by atoms with van der Waals surface area (Å²) in [6.07, 6.45) is 0. The lowest BCUT2D eigenvalue weighted by atomic mass is 10.2. The van der Waals surface area contributed by atoms with E-state index in [1.807, 2.05) is 24.3 Å². The highest BCUT2D eigenvalue weighted by molar-refractivity contribution is 9.10. The van der Waals surface area contributed by atoms with Crippen molar-refractivity contribution in [2.24, 2.45) is 0 Å². The molecule has 1 aromatic heterocycles. The first-order valence-electron chi connectivity index (χ1n) is 5.94. The highest BCUT2D eigenvalue weighted by Crippen LogP contribution is 2.29. The van der Waals surface area contributed by atoms with Crippen molar-refractivity contribution in [1.29, 1.82) is 0 Å². The summed E-state index contributed by atoms with van der Waals surface area (Å²) in [7, 11) is -2.20. The number of aliphatic hydroxyl groups excluding tert-OH is 1. The third-order valence-corrected chi connectivity index (χ3v) is 6.06. The van der Waals surface area contributed by atoms with Gasteiger partial charge in [-0.1, -0.05) is 28.1 Å². The summed E-state index contributed by atoms with van der Waals surface area (Å²) in [5.74, 6) is 0.192. The van der Waals surface area contributed by atoms with Crippen LogP contribution >= 0.6 is 31.9 Å². The van der Waals surface area contributed by atoms with E-state index in [4.69, 9.17) is 9.52 Å². The van der Waals surface area contributed by atoms with E-state index in [-0.39, 0.29) is 28.5 Å². The van der Waals surface area contributed by atoms with Crippen LogP contribution in [0.4, 0.5) is 0 Å². The van der Waals surface area contributed by atoms with E-state index in [2.05, 4.69) is 31.9 Å². The van der Waals surface area contributed by atoms with Crippen LogP contribution in [0, 0.1) is 0 Å². The second kappa shape index (κ2) is 6.62. The topological polar surface area (TPSA) is 70.8 Å². The molecular formula is C13H13Br2NO4S. The van der Waals surface area contributed by atoms with E-state index < -0.39 is 10.0 Å². The van der Waals surface area contributed by atoms with Gasteiger partial charge in [0, 0.05) is 24.1 Å². The van der Waals surface area contributed by atoms with Gasteiger partial charge in [0.1, 0.15) is 17.3 Å². The van der Waals surface area contributed by atoms with Crippen molar-refractivity contribution in [2.75, 3.05) is 7.05 Å². The van der Waals surface area contributed by atoms with Crippen LogP contribution in [0.5, 0.6) is 0 Å². The number of aliphatic hydroxyl groups is 1. The van der Waals surface area contributed by atoms with E-state index in [0.29, 0.717) is 0 Å². The first-order valence-corrected chi connectivity index (χ1v) is 8.97. The number of nitrogens with zero attached hydrogens (tertiary/aromatic N) is 1. The highest BCUT2D eigenvalue weighted by Gasteiger charge is 2.27. The van der Waals surface area contributed by atoms with Crippen LogP contribution in [0.3, 0.4) is 0 Å². The molecule has 2 aromatic rings. The number of hydrogen-bond donors (Lipinski definition) is 1. The van der Waals surface area contributed by atoms with E-state index in [0.717, 1.165) is 10.0 Å². The summed E-state index contributed by atoms with van der Waals surface area (Å²) >= 11 is 6.40. The Morgan fingerprint density at radius 3 is 2.38 bits per heavy atom. The molecule has 8 heteroatoms. The Labute approximate surface area is 139 Å². The Balaban J connectivity index is 2.25. The first-order chi connectivity index (χ1) is 9.84. The summed E-state index contributed by atoms with van der Waals surface area (Å²) in [4.78, 5) is 0.00571. The van der Waals surface area contributed by atoms with Gasteiger partial charge < -0.3 is 9.52 Å². The Bertz CT molecular complexity index is 725. The maximum absolute atomic E-state index is 12.5. The van der Waals surface area contributed by atoms with Gasteiger partial charge >= 0.3 is 0 Å². The van der Waals surface area contributed by atoms with Crippen molar-refractivity contribution in [3.63, 3.8) is 0 Å². The molecule has 5 nitrogen and oxygen atoms in total. The van der Waals surface area contributed by atoms with Crippen LogP contribution in [0.25, 0.3) is 0 Å². The van der Waals surface area contributed by atoms with Gasteiger partial charge in [0.25, 0.3) is 0 Å². The number of sulfonamides is 1. The number of benzene rings is 1. The molecule has 0 atom stereocenters. The third kappa shape index (κ3) is 3.75. The maximum Gasteiger partial charge on any atom is 0.247 e. The summed E-state index contributed by atoms with van der Waals surface area (Å²) in [6, 6.07) is 8.72. The lowest BCUT2D eigenvalue weighted by molar-refractivity contribution is 0.245. The molecule has 0 bridgehead atoms. The molecule has 0 saturated carbocycles. The van der Waals surface area contributed by atoms with Crippen molar-refractivity contribution < 1.29 is 17.9 Å². The summed E-state index contributed by atoms with van der Waals surface area (Å²) < 4.78 is 32.4. The van der Waals surface area contributed by atoms with Crippen LogP contribution in [0.2, 0.25) is 0 Å². The van der Waals surface area contributed by atoms with Gasteiger partial charge in [-0.3, -0.25) is 0 Å². The van der Waals surface area contributed by atoms with Gasteiger partial charge in [0.2, 0.25) is 10.0 Å². The summed E-state index contributed by atoms with van der Waals surface area (Å²) in [5.41, 5.74) is 0.867. The van der Waals surface area contributed by atoms with Crippen molar-refractivity contribution >= 4 is 41.9 Å². The van der Waals surface area contributed by atoms with Crippen LogP contribution in [-0.4, -0.2) is 24.9 Å². The Hall–Kier alpha value is -0.670. The van der Waals surface area contributed by atoms with Gasteiger partial charge in [-0.15, -0.1) is 0 Å². The van der Waals surface area contributed by atoms with Crippen molar-refractivity contribution in [1.82, 2.24) is 4.31 Å². The molecule has 0 radical (unpaired) electrons. The zero-order valence-electron chi connectivity index (χ0n) is 11.1. The average Bonchev–Trinajstić information content (AvgIpc) is 2.83. The average molecular weight is 439 g/mol. The predicted molar refractivity (Wildman–Crippen MR) is 85.1 cm³/mol. The zero-order valence-corrected chi connectivity index (χ0v) is 15.1. The Morgan fingerprint density at radius 1 is 1.24 bits per heavy atom. The minimum atomic E-state index is -3.70. The van der Waals surface area contributed by atoms with Gasteiger partial charge in [-0.2, -0.15) is 4.31 Å². The molecule has 0 unspecified atom stereocenters. The monoisotopic (exact) mass is 437 g/mol. The van der Waals surface area contributed by atoms with Gasteiger partial charge in [0.05, 0.1) is 0 Å². The minimum Gasteiger partial charge on any atom is -0.450 e. The quantitative estimate of drug-likeness (QED) is 0.778. The smallest absolute Gasteiger partial charge is 0.247 e. The predicted octanol–water partition coefficient (Wildman–Crippen LogP) is 3.12. The van der Waals surface area contributed by atoms with Crippen LogP contribution < -0.4 is 0 Å². The fraction of sp³-hybridized carbons (Fsp3) is 0.231. The van der Waals surface area contributed by atoms with Gasteiger partial charge in [-0.05, 0) is 33.6 Å². The molecule has 0 amide bonds. The molecule has 0 aliphatic heterocycles. The highest BCUT2D eigenvalue weighted by atomic mass is 79.9. The van der Waals surface area contributed by atoms with Gasteiger partial charge in [0.15, 0.2) is 4.67 Å².